The van der Waals surface area contributed by atoms with Crippen LogP contribution >= 0.6 is 0 Å². The van der Waals surface area contributed by atoms with Gasteiger partial charge in [-0.2, -0.15) is 5.10 Å². The summed E-state index contributed by atoms with van der Waals surface area (Å²) in [5.74, 6) is 0. The summed E-state index contributed by atoms with van der Waals surface area (Å²) in [6.07, 6.45) is 3.52. The van der Waals surface area contributed by atoms with Crippen LogP contribution in [0.4, 0.5) is 5.69 Å². The van der Waals surface area contributed by atoms with Crippen molar-refractivity contribution in [2.24, 2.45) is 5.73 Å². The van der Waals surface area contributed by atoms with Crippen molar-refractivity contribution in [3.05, 3.63) is 57.9 Å². The first-order valence-electron chi connectivity index (χ1n) is 5.14. The van der Waals surface area contributed by atoms with E-state index < -0.39 is 4.92 Å². The van der Waals surface area contributed by atoms with E-state index in [-0.39, 0.29) is 5.69 Å². The quantitative estimate of drug-likeness (QED) is 0.635. The van der Waals surface area contributed by atoms with Gasteiger partial charge < -0.3 is 5.73 Å². The molecule has 0 fully saturated rings. The van der Waals surface area contributed by atoms with Gasteiger partial charge in [-0.15, -0.1) is 0 Å². The van der Waals surface area contributed by atoms with Crippen molar-refractivity contribution in [3.8, 4) is 0 Å². The average molecular weight is 232 g/mol. The first-order chi connectivity index (χ1) is 8.19. The Balaban J connectivity index is 2.18. The summed E-state index contributed by atoms with van der Waals surface area (Å²) in [6, 6.07) is 6.51. The molecule has 6 heteroatoms. The van der Waals surface area contributed by atoms with Crippen molar-refractivity contribution in [1.29, 1.82) is 0 Å². The second kappa shape index (κ2) is 4.75. The van der Waals surface area contributed by atoms with Gasteiger partial charge in [0.25, 0.3) is 5.69 Å². The lowest BCUT2D eigenvalue weighted by atomic mass is 10.2. The molecule has 0 amide bonds. The van der Waals surface area contributed by atoms with Crippen molar-refractivity contribution in [2.45, 2.75) is 13.1 Å². The predicted octanol–water partition coefficient (Wildman–Crippen LogP) is 1.30. The number of rotatable bonds is 4. The lowest BCUT2D eigenvalue weighted by Crippen LogP contribution is -2.01. The van der Waals surface area contributed by atoms with Gasteiger partial charge in [-0.25, -0.2) is 0 Å². The normalized spacial score (nSPS) is 10.4. The van der Waals surface area contributed by atoms with Gasteiger partial charge in [-0.1, -0.05) is 12.1 Å². The number of nitro groups is 1. The first kappa shape index (κ1) is 11.3. The molecule has 0 saturated carbocycles. The van der Waals surface area contributed by atoms with Gasteiger partial charge in [-0.3, -0.25) is 14.8 Å². The zero-order valence-electron chi connectivity index (χ0n) is 9.11. The van der Waals surface area contributed by atoms with Crippen LogP contribution in [0.3, 0.4) is 0 Å². The fraction of sp³-hybridized carbons (Fsp3) is 0.182. The van der Waals surface area contributed by atoms with E-state index >= 15 is 0 Å². The highest BCUT2D eigenvalue weighted by molar-refractivity contribution is 5.34. The average Bonchev–Trinajstić information content (AvgIpc) is 2.77. The monoisotopic (exact) mass is 232 g/mol. The number of nitrogens with zero attached hydrogens (tertiary/aromatic N) is 3. The molecule has 17 heavy (non-hydrogen) atoms. The number of hydrogen-bond acceptors (Lipinski definition) is 4. The van der Waals surface area contributed by atoms with Gasteiger partial charge >= 0.3 is 0 Å². The largest absolute Gasteiger partial charge is 0.326 e. The molecule has 2 rings (SSSR count). The maximum Gasteiger partial charge on any atom is 0.269 e. The molecule has 0 saturated heterocycles. The molecule has 0 bridgehead atoms. The lowest BCUT2D eigenvalue weighted by Gasteiger charge is -2.01. The summed E-state index contributed by atoms with van der Waals surface area (Å²) in [5.41, 5.74) is 7.35. The molecule has 88 valence electrons. The Morgan fingerprint density at radius 1 is 1.41 bits per heavy atom. The zero-order chi connectivity index (χ0) is 12.3. The lowest BCUT2D eigenvalue weighted by molar-refractivity contribution is -0.384. The minimum absolute atomic E-state index is 0.0914. The molecule has 6 nitrogen and oxygen atoms in total. The molecule has 0 aliphatic carbocycles. The van der Waals surface area contributed by atoms with Crippen molar-refractivity contribution in [1.82, 2.24) is 9.78 Å². The highest BCUT2D eigenvalue weighted by Crippen LogP contribution is 2.14. The van der Waals surface area contributed by atoms with E-state index in [0.29, 0.717) is 13.1 Å². The standard InChI is InChI=1S/C11H12N4O2/c12-5-10-6-13-14(8-10)7-9-2-1-3-11(4-9)15(16)17/h1-4,6,8H,5,7,12H2. The van der Waals surface area contributed by atoms with Crippen LogP contribution in [0.5, 0.6) is 0 Å². The van der Waals surface area contributed by atoms with E-state index in [1.54, 1.807) is 23.0 Å². The Labute approximate surface area is 97.8 Å². The maximum absolute atomic E-state index is 10.6. The molecule has 1 aromatic carbocycles. The molecule has 0 spiro atoms. The summed E-state index contributed by atoms with van der Waals surface area (Å²) < 4.78 is 1.71. The fourth-order valence-electron chi connectivity index (χ4n) is 1.55. The van der Waals surface area contributed by atoms with E-state index in [1.165, 1.54) is 6.07 Å². The van der Waals surface area contributed by atoms with Gasteiger partial charge in [0.05, 0.1) is 17.7 Å². The third-order valence-electron chi connectivity index (χ3n) is 2.39. The molecule has 0 aliphatic rings. The van der Waals surface area contributed by atoms with Crippen LogP contribution in [0.15, 0.2) is 36.7 Å². The van der Waals surface area contributed by atoms with Crippen molar-refractivity contribution < 1.29 is 4.92 Å². The van der Waals surface area contributed by atoms with Crippen LogP contribution in [-0.4, -0.2) is 14.7 Å². The summed E-state index contributed by atoms with van der Waals surface area (Å²) in [5, 5.41) is 14.7. The van der Waals surface area contributed by atoms with E-state index in [0.717, 1.165) is 11.1 Å². The molecule has 2 N–H and O–H groups in total. The van der Waals surface area contributed by atoms with Crippen molar-refractivity contribution >= 4 is 5.69 Å². The molecule has 0 unspecified atom stereocenters. The number of nitro benzene ring substituents is 1. The number of hydrogen-bond donors (Lipinski definition) is 1. The third kappa shape index (κ3) is 2.67. The van der Waals surface area contributed by atoms with Crippen molar-refractivity contribution in [3.63, 3.8) is 0 Å². The third-order valence-corrected chi connectivity index (χ3v) is 2.39. The Morgan fingerprint density at radius 3 is 2.88 bits per heavy atom. The highest BCUT2D eigenvalue weighted by atomic mass is 16.6. The maximum atomic E-state index is 10.6. The minimum Gasteiger partial charge on any atom is -0.326 e. The Morgan fingerprint density at radius 2 is 2.24 bits per heavy atom. The van der Waals surface area contributed by atoms with Crippen LogP contribution in [-0.2, 0) is 13.1 Å². The van der Waals surface area contributed by atoms with Gasteiger partial charge in [0.2, 0.25) is 0 Å². The summed E-state index contributed by atoms with van der Waals surface area (Å²) in [4.78, 5) is 10.2. The predicted molar refractivity (Wildman–Crippen MR) is 62.3 cm³/mol. The molecular weight excluding hydrogens is 220 g/mol. The fourth-order valence-corrected chi connectivity index (χ4v) is 1.55. The topological polar surface area (TPSA) is 87.0 Å². The Kier molecular flexibility index (Phi) is 3.15. The van der Waals surface area contributed by atoms with Crippen LogP contribution in [0.1, 0.15) is 11.1 Å². The number of benzene rings is 1. The van der Waals surface area contributed by atoms with Gasteiger partial charge in [0.1, 0.15) is 0 Å². The second-order valence-corrected chi connectivity index (χ2v) is 3.68. The molecule has 0 atom stereocenters. The smallest absolute Gasteiger partial charge is 0.269 e. The van der Waals surface area contributed by atoms with Gasteiger partial charge in [0.15, 0.2) is 0 Å². The molecule has 1 heterocycles. The van der Waals surface area contributed by atoms with E-state index in [1.807, 2.05) is 12.3 Å². The number of nitrogens with two attached hydrogens (primary N) is 1. The SMILES string of the molecule is NCc1cnn(Cc2cccc([N+](=O)[O-])c2)c1. The van der Waals surface area contributed by atoms with E-state index in [9.17, 15) is 10.1 Å². The Hall–Kier alpha value is -2.21. The van der Waals surface area contributed by atoms with Crippen molar-refractivity contribution in [2.75, 3.05) is 0 Å². The summed E-state index contributed by atoms with van der Waals surface area (Å²) in [7, 11) is 0. The molecule has 0 radical (unpaired) electrons. The highest BCUT2D eigenvalue weighted by Gasteiger charge is 2.06. The number of aromatic nitrogens is 2. The van der Waals surface area contributed by atoms with Gasteiger partial charge in [0, 0.05) is 30.4 Å². The van der Waals surface area contributed by atoms with E-state index in [4.69, 9.17) is 5.73 Å². The first-order valence-corrected chi connectivity index (χ1v) is 5.14. The van der Waals surface area contributed by atoms with Crippen LogP contribution in [0, 0.1) is 10.1 Å². The van der Waals surface area contributed by atoms with E-state index in [2.05, 4.69) is 5.10 Å². The molecular formula is C11H12N4O2. The second-order valence-electron chi connectivity index (χ2n) is 3.68. The van der Waals surface area contributed by atoms with Gasteiger partial charge in [-0.05, 0) is 5.56 Å². The zero-order valence-corrected chi connectivity index (χ0v) is 9.11. The summed E-state index contributed by atoms with van der Waals surface area (Å²) in [6.45, 7) is 0.941. The number of non-ortho nitro benzene ring substituents is 1. The van der Waals surface area contributed by atoms with Crippen LogP contribution < -0.4 is 5.73 Å². The molecule has 1 aromatic heterocycles. The minimum atomic E-state index is -0.405. The summed E-state index contributed by atoms with van der Waals surface area (Å²) >= 11 is 0. The van der Waals surface area contributed by atoms with Crippen LogP contribution in [0.2, 0.25) is 0 Å². The molecule has 0 aliphatic heterocycles. The van der Waals surface area contributed by atoms with Crippen LogP contribution in [0.25, 0.3) is 0 Å². The Bertz CT molecular complexity index is 536. The molecule has 2 aromatic rings.